The quantitative estimate of drug-likeness (QED) is 0.856. The van der Waals surface area contributed by atoms with Gasteiger partial charge in [0.15, 0.2) is 0 Å². The van der Waals surface area contributed by atoms with E-state index in [1.54, 1.807) is 7.11 Å². The summed E-state index contributed by atoms with van der Waals surface area (Å²) in [6.45, 7) is 5.68. The molecule has 0 aliphatic carbocycles. The highest BCUT2D eigenvalue weighted by Crippen LogP contribution is 2.25. The Morgan fingerprint density at radius 2 is 1.75 bits per heavy atom. The highest BCUT2D eigenvalue weighted by Gasteiger charge is 2.16. The molecule has 0 fully saturated rings. The number of nitrogens with one attached hydrogen (secondary N) is 1. The predicted molar refractivity (Wildman–Crippen MR) is 86.5 cm³/mol. The number of rotatable bonds is 6. The average Bonchev–Trinajstić information content (AvgIpc) is 2.44. The van der Waals surface area contributed by atoms with Crippen LogP contribution in [0.3, 0.4) is 0 Å². The van der Waals surface area contributed by atoms with E-state index in [1.165, 1.54) is 22.8 Å². The topological polar surface area (TPSA) is 21.3 Å². The molecule has 0 aliphatic heterocycles. The summed E-state index contributed by atoms with van der Waals surface area (Å²) in [4.78, 5) is 0. The standard InChI is InChI=1S/C18H25NO/c1-18(2,13-19-3)10-9-14-5-6-16-12-17(20-4)8-7-15(16)11-14/h5-8,11-12,19H,9-10,13H2,1-4H3. The third kappa shape index (κ3) is 3.73. The predicted octanol–water partition coefficient (Wildman–Crippen LogP) is 4.03. The molecule has 2 heteroatoms. The third-order valence-corrected chi connectivity index (χ3v) is 3.86. The van der Waals surface area contributed by atoms with E-state index in [0.717, 1.165) is 18.7 Å². The molecule has 0 atom stereocenters. The van der Waals surface area contributed by atoms with Crippen LogP contribution in [0.1, 0.15) is 25.8 Å². The minimum Gasteiger partial charge on any atom is -0.497 e. The summed E-state index contributed by atoms with van der Waals surface area (Å²) in [7, 11) is 3.73. The molecule has 0 unspecified atom stereocenters. The minimum absolute atomic E-state index is 0.337. The Hall–Kier alpha value is -1.54. The molecule has 2 aromatic rings. The van der Waals surface area contributed by atoms with Gasteiger partial charge in [0, 0.05) is 0 Å². The molecule has 20 heavy (non-hydrogen) atoms. The summed E-state index contributed by atoms with van der Waals surface area (Å²) >= 11 is 0. The monoisotopic (exact) mass is 271 g/mol. The van der Waals surface area contributed by atoms with Gasteiger partial charge in [0.05, 0.1) is 7.11 Å². The van der Waals surface area contributed by atoms with Gasteiger partial charge in [0.25, 0.3) is 0 Å². The number of methoxy groups -OCH3 is 1. The largest absolute Gasteiger partial charge is 0.497 e. The van der Waals surface area contributed by atoms with Gasteiger partial charge in [-0.15, -0.1) is 0 Å². The van der Waals surface area contributed by atoms with Crippen LogP contribution in [0.25, 0.3) is 10.8 Å². The second-order valence-corrected chi connectivity index (χ2v) is 6.24. The van der Waals surface area contributed by atoms with Crippen molar-refractivity contribution < 1.29 is 4.74 Å². The molecule has 1 N–H and O–H groups in total. The van der Waals surface area contributed by atoms with Crippen LogP contribution in [0.4, 0.5) is 0 Å². The second kappa shape index (κ2) is 6.27. The van der Waals surface area contributed by atoms with Crippen molar-refractivity contribution in [1.29, 1.82) is 0 Å². The SMILES string of the molecule is CNCC(C)(C)CCc1ccc2cc(OC)ccc2c1. The Balaban J connectivity index is 2.12. The molecule has 0 heterocycles. The zero-order chi connectivity index (χ0) is 14.6. The van der Waals surface area contributed by atoms with Gasteiger partial charge in [0.1, 0.15) is 5.75 Å². The number of aryl methyl sites for hydroxylation is 1. The van der Waals surface area contributed by atoms with Crippen LogP contribution in [0.5, 0.6) is 5.75 Å². The fourth-order valence-electron chi connectivity index (χ4n) is 2.61. The van der Waals surface area contributed by atoms with Crippen LogP contribution in [-0.4, -0.2) is 20.7 Å². The van der Waals surface area contributed by atoms with Crippen molar-refractivity contribution in [2.45, 2.75) is 26.7 Å². The lowest BCUT2D eigenvalue weighted by Gasteiger charge is -2.24. The molecular formula is C18H25NO. The Kier molecular flexibility index (Phi) is 4.66. The van der Waals surface area contributed by atoms with Gasteiger partial charge in [-0.1, -0.05) is 38.1 Å². The summed E-state index contributed by atoms with van der Waals surface area (Å²) in [6, 6.07) is 13.0. The summed E-state index contributed by atoms with van der Waals surface area (Å²) < 4.78 is 5.26. The van der Waals surface area contributed by atoms with Gasteiger partial charge in [0.2, 0.25) is 0 Å². The molecular weight excluding hydrogens is 246 g/mol. The molecule has 2 nitrogen and oxygen atoms in total. The van der Waals surface area contributed by atoms with Crippen molar-refractivity contribution in [3.8, 4) is 5.75 Å². The molecule has 2 aromatic carbocycles. The van der Waals surface area contributed by atoms with Crippen LogP contribution >= 0.6 is 0 Å². The molecule has 108 valence electrons. The van der Waals surface area contributed by atoms with E-state index in [0.29, 0.717) is 5.41 Å². The number of benzene rings is 2. The maximum Gasteiger partial charge on any atom is 0.119 e. The van der Waals surface area contributed by atoms with Gasteiger partial charge >= 0.3 is 0 Å². The van der Waals surface area contributed by atoms with Crippen molar-refractivity contribution in [2.75, 3.05) is 20.7 Å². The van der Waals surface area contributed by atoms with Crippen LogP contribution in [0.15, 0.2) is 36.4 Å². The Morgan fingerprint density at radius 3 is 2.45 bits per heavy atom. The molecule has 0 amide bonds. The summed E-state index contributed by atoms with van der Waals surface area (Å²) in [5.41, 5.74) is 1.75. The van der Waals surface area contributed by atoms with E-state index in [9.17, 15) is 0 Å². The van der Waals surface area contributed by atoms with Crippen molar-refractivity contribution in [3.63, 3.8) is 0 Å². The van der Waals surface area contributed by atoms with Gasteiger partial charge in [-0.05, 0) is 60.3 Å². The van der Waals surface area contributed by atoms with E-state index in [1.807, 2.05) is 13.1 Å². The van der Waals surface area contributed by atoms with Gasteiger partial charge in [-0.25, -0.2) is 0 Å². The highest BCUT2D eigenvalue weighted by molar-refractivity contribution is 5.84. The molecule has 0 saturated carbocycles. The molecule has 0 bridgehead atoms. The summed E-state index contributed by atoms with van der Waals surface area (Å²) in [5, 5.41) is 5.80. The van der Waals surface area contributed by atoms with E-state index in [2.05, 4.69) is 49.5 Å². The zero-order valence-electron chi connectivity index (χ0n) is 13.0. The summed E-state index contributed by atoms with van der Waals surface area (Å²) in [6.07, 6.45) is 2.31. The minimum atomic E-state index is 0.337. The number of hydrogen-bond donors (Lipinski definition) is 1. The lowest BCUT2D eigenvalue weighted by Crippen LogP contribution is -2.27. The molecule has 0 radical (unpaired) electrons. The first-order valence-electron chi connectivity index (χ1n) is 7.25. The lowest BCUT2D eigenvalue weighted by molar-refractivity contribution is 0.324. The zero-order valence-corrected chi connectivity index (χ0v) is 13.0. The molecule has 2 rings (SSSR count). The first-order chi connectivity index (χ1) is 9.54. The van der Waals surface area contributed by atoms with Crippen molar-refractivity contribution in [3.05, 3.63) is 42.0 Å². The van der Waals surface area contributed by atoms with Crippen LogP contribution < -0.4 is 10.1 Å². The molecule has 0 spiro atoms. The van der Waals surface area contributed by atoms with Crippen LogP contribution in [0.2, 0.25) is 0 Å². The molecule has 0 saturated heterocycles. The van der Waals surface area contributed by atoms with Crippen LogP contribution in [-0.2, 0) is 6.42 Å². The Labute approximate surface area is 122 Å². The average molecular weight is 271 g/mol. The van der Waals surface area contributed by atoms with E-state index in [-0.39, 0.29) is 0 Å². The number of hydrogen-bond acceptors (Lipinski definition) is 2. The van der Waals surface area contributed by atoms with E-state index >= 15 is 0 Å². The van der Waals surface area contributed by atoms with Crippen molar-refractivity contribution >= 4 is 10.8 Å². The lowest BCUT2D eigenvalue weighted by atomic mass is 9.86. The van der Waals surface area contributed by atoms with Gasteiger partial charge < -0.3 is 10.1 Å². The van der Waals surface area contributed by atoms with Crippen molar-refractivity contribution in [2.24, 2.45) is 5.41 Å². The fraction of sp³-hybridized carbons (Fsp3) is 0.444. The third-order valence-electron chi connectivity index (χ3n) is 3.86. The van der Waals surface area contributed by atoms with Crippen molar-refractivity contribution in [1.82, 2.24) is 5.32 Å². The number of fused-ring (bicyclic) bond motifs is 1. The second-order valence-electron chi connectivity index (χ2n) is 6.24. The Morgan fingerprint density at radius 1 is 1.05 bits per heavy atom. The van der Waals surface area contributed by atoms with E-state index in [4.69, 9.17) is 4.74 Å². The fourth-order valence-corrected chi connectivity index (χ4v) is 2.61. The first kappa shape index (κ1) is 14.9. The maximum absolute atomic E-state index is 5.26. The summed E-state index contributed by atoms with van der Waals surface area (Å²) in [5.74, 6) is 0.917. The molecule has 0 aliphatic rings. The van der Waals surface area contributed by atoms with E-state index < -0.39 is 0 Å². The van der Waals surface area contributed by atoms with Gasteiger partial charge in [-0.2, -0.15) is 0 Å². The number of ether oxygens (including phenoxy) is 1. The Bertz CT molecular complexity index is 575. The van der Waals surface area contributed by atoms with Gasteiger partial charge in [-0.3, -0.25) is 0 Å². The smallest absolute Gasteiger partial charge is 0.119 e. The maximum atomic E-state index is 5.26. The van der Waals surface area contributed by atoms with Crippen LogP contribution in [0, 0.1) is 5.41 Å². The normalized spacial score (nSPS) is 11.8. The molecule has 0 aromatic heterocycles. The first-order valence-corrected chi connectivity index (χ1v) is 7.25. The highest BCUT2D eigenvalue weighted by atomic mass is 16.5.